The molecule has 1 atom stereocenters. The molecule has 19 heavy (non-hydrogen) atoms. The fourth-order valence-electron chi connectivity index (χ4n) is 1.95. The van der Waals surface area contributed by atoms with E-state index in [0.29, 0.717) is 12.5 Å². The number of hydrogen-bond acceptors (Lipinski definition) is 2. The van der Waals surface area contributed by atoms with Gasteiger partial charge in [0.25, 0.3) is 0 Å². The van der Waals surface area contributed by atoms with Crippen molar-refractivity contribution in [2.75, 3.05) is 12.3 Å². The minimum atomic E-state index is 0.0698. The highest BCUT2D eigenvalue weighted by Gasteiger charge is 2.22. The number of carbonyl (C=O) groups is 1. The summed E-state index contributed by atoms with van der Waals surface area (Å²) in [5.74, 6) is 0.687. The molecule has 106 valence electrons. The van der Waals surface area contributed by atoms with Gasteiger partial charge in [-0.25, -0.2) is 0 Å². The third-order valence-corrected chi connectivity index (χ3v) is 3.55. The van der Waals surface area contributed by atoms with Gasteiger partial charge in [-0.05, 0) is 30.0 Å². The zero-order valence-electron chi connectivity index (χ0n) is 12.5. The van der Waals surface area contributed by atoms with Gasteiger partial charge < -0.3 is 10.6 Å². The van der Waals surface area contributed by atoms with Gasteiger partial charge in [0.15, 0.2) is 0 Å². The molecule has 1 rings (SSSR count). The average Bonchev–Trinajstić information content (AvgIpc) is 2.39. The number of amides is 1. The number of hydrogen-bond donors (Lipinski definition) is 1. The summed E-state index contributed by atoms with van der Waals surface area (Å²) >= 11 is 0. The van der Waals surface area contributed by atoms with E-state index in [0.717, 1.165) is 24.2 Å². The van der Waals surface area contributed by atoms with Crippen molar-refractivity contribution in [2.24, 2.45) is 11.8 Å². The maximum absolute atomic E-state index is 12.4. The summed E-state index contributed by atoms with van der Waals surface area (Å²) in [4.78, 5) is 14.4. The number of anilines is 1. The van der Waals surface area contributed by atoms with Crippen LogP contribution in [0.5, 0.6) is 0 Å². The van der Waals surface area contributed by atoms with E-state index in [-0.39, 0.29) is 11.8 Å². The first-order chi connectivity index (χ1) is 8.95. The Labute approximate surface area is 116 Å². The number of benzene rings is 1. The lowest BCUT2D eigenvalue weighted by Crippen LogP contribution is -2.37. The zero-order valence-corrected chi connectivity index (χ0v) is 12.5. The lowest BCUT2D eigenvalue weighted by atomic mass is 9.96. The van der Waals surface area contributed by atoms with Crippen LogP contribution in [0.4, 0.5) is 5.69 Å². The molecule has 1 aromatic rings. The van der Waals surface area contributed by atoms with Gasteiger partial charge in [-0.15, -0.1) is 0 Å². The van der Waals surface area contributed by atoms with Gasteiger partial charge in [-0.1, -0.05) is 39.8 Å². The molecular formula is C16H26N2O. The van der Waals surface area contributed by atoms with Crippen molar-refractivity contribution >= 4 is 11.6 Å². The molecule has 1 aromatic carbocycles. The summed E-state index contributed by atoms with van der Waals surface area (Å²) in [6.45, 7) is 9.78. The van der Waals surface area contributed by atoms with Crippen LogP contribution in [0.15, 0.2) is 24.3 Å². The molecule has 0 bridgehead atoms. The maximum Gasteiger partial charge on any atom is 0.225 e. The molecular weight excluding hydrogens is 236 g/mol. The first-order valence-corrected chi connectivity index (χ1v) is 7.08. The summed E-state index contributed by atoms with van der Waals surface area (Å²) in [5, 5.41) is 0. The highest BCUT2D eigenvalue weighted by molar-refractivity contribution is 5.78. The summed E-state index contributed by atoms with van der Waals surface area (Å²) in [7, 11) is 0. The Hall–Kier alpha value is -1.51. The van der Waals surface area contributed by atoms with Crippen LogP contribution < -0.4 is 5.73 Å². The number of carbonyl (C=O) groups excluding carboxylic acids is 1. The minimum Gasteiger partial charge on any atom is -0.399 e. The van der Waals surface area contributed by atoms with E-state index in [1.54, 1.807) is 0 Å². The summed E-state index contributed by atoms with van der Waals surface area (Å²) in [6.07, 6.45) is 0.978. The average molecular weight is 262 g/mol. The quantitative estimate of drug-likeness (QED) is 0.800. The molecule has 0 fully saturated rings. The number of nitrogen functional groups attached to an aromatic ring is 1. The molecule has 0 saturated carbocycles. The lowest BCUT2D eigenvalue weighted by molar-refractivity contribution is -0.137. The van der Waals surface area contributed by atoms with Gasteiger partial charge in [0.1, 0.15) is 0 Å². The van der Waals surface area contributed by atoms with Crippen LogP contribution in [-0.2, 0) is 11.3 Å². The predicted molar refractivity (Wildman–Crippen MR) is 80.6 cm³/mol. The molecule has 1 amide bonds. The van der Waals surface area contributed by atoms with Crippen LogP contribution in [-0.4, -0.2) is 17.4 Å². The molecule has 3 nitrogen and oxygen atoms in total. The first-order valence-electron chi connectivity index (χ1n) is 7.08. The van der Waals surface area contributed by atoms with Crippen molar-refractivity contribution in [3.8, 4) is 0 Å². The highest BCUT2D eigenvalue weighted by Crippen LogP contribution is 2.16. The van der Waals surface area contributed by atoms with E-state index in [9.17, 15) is 4.79 Å². The first kappa shape index (κ1) is 15.5. The van der Waals surface area contributed by atoms with Crippen LogP contribution in [0.2, 0.25) is 0 Å². The topological polar surface area (TPSA) is 46.3 Å². The molecule has 0 radical (unpaired) electrons. The molecule has 0 aromatic heterocycles. The normalized spacial score (nSPS) is 12.5. The molecule has 3 heteroatoms. The van der Waals surface area contributed by atoms with E-state index < -0.39 is 0 Å². The molecule has 0 aliphatic rings. The van der Waals surface area contributed by atoms with Crippen molar-refractivity contribution in [3.05, 3.63) is 29.8 Å². The zero-order chi connectivity index (χ0) is 14.4. The highest BCUT2D eigenvalue weighted by atomic mass is 16.2. The van der Waals surface area contributed by atoms with E-state index in [2.05, 4.69) is 20.8 Å². The monoisotopic (exact) mass is 262 g/mol. The summed E-state index contributed by atoms with van der Waals surface area (Å²) < 4.78 is 0. The van der Waals surface area contributed by atoms with E-state index >= 15 is 0 Å². The minimum absolute atomic E-state index is 0.0698. The SMILES string of the molecule is CCCN(Cc1ccc(N)cc1)C(=O)C(C)C(C)C. The Kier molecular flexibility index (Phi) is 5.87. The second-order valence-electron chi connectivity index (χ2n) is 5.53. The van der Waals surface area contributed by atoms with Gasteiger partial charge >= 0.3 is 0 Å². The molecule has 0 aliphatic carbocycles. The van der Waals surface area contributed by atoms with Gasteiger partial charge in [0, 0.05) is 24.7 Å². The van der Waals surface area contributed by atoms with Crippen molar-refractivity contribution < 1.29 is 4.79 Å². The predicted octanol–water partition coefficient (Wildman–Crippen LogP) is 3.30. The Balaban J connectivity index is 2.77. The molecule has 0 saturated heterocycles. The van der Waals surface area contributed by atoms with Crippen LogP contribution in [0.25, 0.3) is 0 Å². The standard InChI is InChI=1S/C16H26N2O/c1-5-10-18(16(19)13(4)12(2)3)11-14-6-8-15(17)9-7-14/h6-9,12-13H,5,10-11,17H2,1-4H3. The lowest BCUT2D eigenvalue weighted by Gasteiger charge is -2.27. The molecule has 0 spiro atoms. The molecule has 0 aliphatic heterocycles. The largest absolute Gasteiger partial charge is 0.399 e. The third-order valence-electron chi connectivity index (χ3n) is 3.55. The fourth-order valence-corrected chi connectivity index (χ4v) is 1.95. The molecule has 2 N–H and O–H groups in total. The molecule has 1 unspecified atom stereocenters. The van der Waals surface area contributed by atoms with Crippen molar-refractivity contribution in [1.82, 2.24) is 4.90 Å². The Morgan fingerprint density at radius 3 is 2.26 bits per heavy atom. The third kappa shape index (κ3) is 4.58. The van der Waals surface area contributed by atoms with E-state index in [1.165, 1.54) is 0 Å². The van der Waals surface area contributed by atoms with Crippen molar-refractivity contribution in [1.29, 1.82) is 0 Å². The number of nitrogens with two attached hydrogens (primary N) is 1. The van der Waals surface area contributed by atoms with Crippen molar-refractivity contribution in [3.63, 3.8) is 0 Å². The molecule has 0 heterocycles. The van der Waals surface area contributed by atoms with Gasteiger partial charge in [0.05, 0.1) is 0 Å². The van der Waals surface area contributed by atoms with E-state index in [1.807, 2.05) is 36.1 Å². The van der Waals surface area contributed by atoms with Crippen molar-refractivity contribution in [2.45, 2.75) is 40.7 Å². The smallest absolute Gasteiger partial charge is 0.225 e. The Bertz CT molecular complexity index is 398. The summed E-state index contributed by atoms with van der Waals surface area (Å²) in [6, 6.07) is 7.75. The Morgan fingerprint density at radius 1 is 1.21 bits per heavy atom. The second kappa shape index (κ2) is 7.17. The van der Waals surface area contributed by atoms with Crippen LogP contribution in [0, 0.1) is 11.8 Å². The number of nitrogens with zero attached hydrogens (tertiary/aromatic N) is 1. The van der Waals surface area contributed by atoms with Crippen LogP contribution in [0.1, 0.15) is 39.7 Å². The van der Waals surface area contributed by atoms with E-state index in [4.69, 9.17) is 5.73 Å². The number of rotatable bonds is 6. The summed E-state index contributed by atoms with van der Waals surface area (Å²) in [5.41, 5.74) is 7.57. The van der Waals surface area contributed by atoms with Crippen LogP contribution in [0.3, 0.4) is 0 Å². The van der Waals surface area contributed by atoms with Gasteiger partial charge in [-0.3, -0.25) is 4.79 Å². The van der Waals surface area contributed by atoms with Gasteiger partial charge in [-0.2, -0.15) is 0 Å². The van der Waals surface area contributed by atoms with Crippen LogP contribution >= 0.6 is 0 Å². The van der Waals surface area contributed by atoms with Gasteiger partial charge in [0.2, 0.25) is 5.91 Å². The Morgan fingerprint density at radius 2 is 1.79 bits per heavy atom. The fraction of sp³-hybridized carbons (Fsp3) is 0.562. The maximum atomic E-state index is 12.4. The second-order valence-corrected chi connectivity index (χ2v) is 5.53.